The maximum absolute atomic E-state index is 6.16. The van der Waals surface area contributed by atoms with Crippen LogP contribution in [0.5, 0.6) is 0 Å². The van der Waals surface area contributed by atoms with Gasteiger partial charge in [-0.15, -0.1) is 0 Å². The van der Waals surface area contributed by atoms with Gasteiger partial charge >= 0.3 is 0 Å². The zero-order valence-corrected chi connectivity index (χ0v) is 12.8. The second-order valence-corrected chi connectivity index (χ2v) is 5.59. The first-order valence-electron chi connectivity index (χ1n) is 6.84. The van der Waals surface area contributed by atoms with Gasteiger partial charge in [0.1, 0.15) is 0 Å². The summed E-state index contributed by atoms with van der Waals surface area (Å²) in [5.74, 6) is 0. The topological polar surface area (TPSA) is 12.0 Å². The van der Waals surface area contributed by atoms with Gasteiger partial charge in [-0.2, -0.15) is 0 Å². The van der Waals surface area contributed by atoms with Crippen molar-refractivity contribution in [2.45, 2.75) is 58.5 Å². The highest BCUT2D eigenvalue weighted by atomic mass is 35.5. The maximum atomic E-state index is 6.16. The fourth-order valence-corrected chi connectivity index (χ4v) is 2.46. The number of hydrogen-bond acceptors (Lipinski definition) is 1. The minimum atomic E-state index is 0.588. The quantitative estimate of drug-likeness (QED) is 0.671. The Morgan fingerprint density at radius 2 is 1.89 bits per heavy atom. The highest BCUT2D eigenvalue weighted by Crippen LogP contribution is 2.21. The third-order valence-corrected chi connectivity index (χ3v) is 3.74. The van der Waals surface area contributed by atoms with Crippen LogP contribution in [0.4, 0.5) is 0 Å². The Balaban J connectivity index is 2.52. The molecule has 1 unspecified atom stereocenters. The lowest BCUT2D eigenvalue weighted by Gasteiger charge is -2.18. The van der Waals surface area contributed by atoms with Crippen LogP contribution in [0.25, 0.3) is 0 Å². The van der Waals surface area contributed by atoms with E-state index >= 15 is 0 Å². The molecule has 1 nitrogen and oxygen atoms in total. The van der Waals surface area contributed by atoms with E-state index in [9.17, 15) is 0 Å². The van der Waals surface area contributed by atoms with Crippen molar-refractivity contribution in [3.8, 4) is 0 Å². The summed E-state index contributed by atoms with van der Waals surface area (Å²) >= 11 is 12.2. The summed E-state index contributed by atoms with van der Waals surface area (Å²) in [6.07, 6.45) is 6.20. The molecule has 102 valence electrons. The standard InChI is InChI=1S/C15H23Cl2N/c1-3-5-7-14(6-4-2)18-11-12-10-13(16)8-9-15(12)17/h8-10,14,18H,3-7,11H2,1-2H3. The fourth-order valence-electron chi connectivity index (χ4n) is 2.08. The van der Waals surface area contributed by atoms with Gasteiger partial charge < -0.3 is 5.32 Å². The fraction of sp³-hybridized carbons (Fsp3) is 0.600. The molecule has 0 aliphatic rings. The Bertz CT molecular complexity index is 352. The van der Waals surface area contributed by atoms with Crippen LogP contribution in [0.2, 0.25) is 10.0 Å². The maximum Gasteiger partial charge on any atom is 0.0451 e. The van der Waals surface area contributed by atoms with Gasteiger partial charge in [0.2, 0.25) is 0 Å². The molecule has 0 heterocycles. The first kappa shape index (κ1) is 15.8. The molecule has 0 aliphatic heterocycles. The Kier molecular flexibility index (Phi) is 7.73. The predicted molar refractivity (Wildman–Crippen MR) is 81.5 cm³/mol. The summed E-state index contributed by atoms with van der Waals surface area (Å²) in [7, 11) is 0. The summed E-state index contributed by atoms with van der Waals surface area (Å²) < 4.78 is 0. The molecule has 0 aromatic heterocycles. The van der Waals surface area contributed by atoms with Crippen molar-refractivity contribution in [3.05, 3.63) is 33.8 Å². The van der Waals surface area contributed by atoms with Crippen LogP contribution in [0.3, 0.4) is 0 Å². The van der Waals surface area contributed by atoms with Crippen LogP contribution in [0.15, 0.2) is 18.2 Å². The zero-order chi connectivity index (χ0) is 13.4. The van der Waals surface area contributed by atoms with Gasteiger partial charge in [0.25, 0.3) is 0 Å². The molecule has 0 aliphatic carbocycles. The van der Waals surface area contributed by atoms with Crippen LogP contribution in [-0.4, -0.2) is 6.04 Å². The molecule has 0 saturated heterocycles. The van der Waals surface area contributed by atoms with E-state index in [0.29, 0.717) is 6.04 Å². The smallest absolute Gasteiger partial charge is 0.0451 e. The van der Waals surface area contributed by atoms with Crippen LogP contribution < -0.4 is 5.32 Å². The van der Waals surface area contributed by atoms with Crippen molar-refractivity contribution in [2.24, 2.45) is 0 Å². The molecule has 1 rings (SSSR count). The van der Waals surface area contributed by atoms with Gasteiger partial charge in [0.15, 0.2) is 0 Å². The van der Waals surface area contributed by atoms with Crippen molar-refractivity contribution in [1.82, 2.24) is 5.32 Å². The number of unbranched alkanes of at least 4 members (excludes halogenated alkanes) is 1. The van der Waals surface area contributed by atoms with Crippen molar-refractivity contribution in [3.63, 3.8) is 0 Å². The molecule has 0 spiro atoms. The van der Waals surface area contributed by atoms with E-state index in [2.05, 4.69) is 19.2 Å². The first-order valence-corrected chi connectivity index (χ1v) is 7.60. The van der Waals surface area contributed by atoms with E-state index < -0.39 is 0 Å². The molecular formula is C15H23Cl2N. The van der Waals surface area contributed by atoms with Crippen molar-refractivity contribution >= 4 is 23.2 Å². The molecule has 18 heavy (non-hydrogen) atoms. The van der Waals surface area contributed by atoms with Crippen LogP contribution in [0.1, 0.15) is 51.5 Å². The summed E-state index contributed by atoms with van der Waals surface area (Å²) in [5, 5.41) is 5.13. The number of rotatable bonds is 8. The van der Waals surface area contributed by atoms with Crippen LogP contribution in [0, 0.1) is 0 Å². The van der Waals surface area contributed by atoms with Gasteiger partial charge in [-0.05, 0) is 36.6 Å². The van der Waals surface area contributed by atoms with E-state index in [1.54, 1.807) is 0 Å². The van der Waals surface area contributed by atoms with E-state index in [1.807, 2.05) is 18.2 Å². The minimum absolute atomic E-state index is 0.588. The molecule has 3 heteroatoms. The molecule has 0 saturated carbocycles. The average Bonchev–Trinajstić information content (AvgIpc) is 2.36. The van der Waals surface area contributed by atoms with Gasteiger partial charge in [0.05, 0.1) is 0 Å². The molecule has 1 aromatic carbocycles. The van der Waals surface area contributed by atoms with Gasteiger partial charge in [-0.1, -0.05) is 56.3 Å². The Labute approximate surface area is 121 Å². The monoisotopic (exact) mass is 287 g/mol. The number of hydrogen-bond donors (Lipinski definition) is 1. The van der Waals surface area contributed by atoms with Gasteiger partial charge in [-0.25, -0.2) is 0 Å². The molecule has 1 atom stereocenters. The lowest BCUT2D eigenvalue weighted by atomic mass is 10.0. The second-order valence-electron chi connectivity index (χ2n) is 4.74. The second kappa shape index (κ2) is 8.79. The molecule has 0 amide bonds. The van der Waals surface area contributed by atoms with Crippen molar-refractivity contribution in [1.29, 1.82) is 0 Å². The number of nitrogens with one attached hydrogen (secondary N) is 1. The molecule has 0 fully saturated rings. The summed E-state index contributed by atoms with van der Waals surface area (Å²) in [4.78, 5) is 0. The van der Waals surface area contributed by atoms with E-state index in [1.165, 1.54) is 32.1 Å². The molecule has 0 bridgehead atoms. The third-order valence-electron chi connectivity index (χ3n) is 3.13. The summed E-state index contributed by atoms with van der Waals surface area (Å²) in [5.41, 5.74) is 1.08. The Hall–Kier alpha value is -0.240. The van der Waals surface area contributed by atoms with Crippen molar-refractivity contribution in [2.75, 3.05) is 0 Å². The zero-order valence-electron chi connectivity index (χ0n) is 11.3. The van der Waals surface area contributed by atoms with Crippen LogP contribution >= 0.6 is 23.2 Å². The van der Waals surface area contributed by atoms with E-state index in [4.69, 9.17) is 23.2 Å². The van der Waals surface area contributed by atoms with Crippen LogP contribution in [-0.2, 0) is 6.54 Å². The first-order chi connectivity index (χ1) is 8.67. The average molecular weight is 288 g/mol. The molecule has 1 aromatic rings. The Morgan fingerprint density at radius 3 is 2.56 bits per heavy atom. The lowest BCUT2D eigenvalue weighted by Crippen LogP contribution is -2.28. The summed E-state index contributed by atoms with van der Waals surface area (Å²) in [6, 6.07) is 6.22. The number of benzene rings is 1. The third kappa shape index (κ3) is 5.60. The van der Waals surface area contributed by atoms with E-state index in [-0.39, 0.29) is 0 Å². The number of halogens is 2. The van der Waals surface area contributed by atoms with E-state index in [0.717, 1.165) is 22.2 Å². The predicted octanol–water partition coefficient (Wildman–Crippen LogP) is 5.44. The molecule has 1 N–H and O–H groups in total. The SMILES string of the molecule is CCCCC(CCC)NCc1cc(Cl)ccc1Cl. The normalized spacial score (nSPS) is 12.7. The minimum Gasteiger partial charge on any atom is -0.310 e. The summed E-state index contributed by atoms with van der Waals surface area (Å²) in [6.45, 7) is 5.26. The Morgan fingerprint density at radius 1 is 1.11 bits per heavy atom. The molecule has 0 radical (unpaired) electrons. The molecular weight excluding hydrogens is 265 g/mol. The highest BCUT2D eigenvalue weighted by molar-refractivity contribution is 6.33. The highest BCUT2D eigenvalue weighted by Gasteiger charge is 2.08. The largest absolute Gasteiger partial charge is 0.310 e. The van der Waals surface area contributed by atoms with Crippen molar-refractivity contribution < 1.29 is 0 Å². The lowest BCUT2D eigenvalue weighted by molar-refractivity contribution is 0.434. The van der Waals surface area contributed by atoms with Gasteiger partial charge in [-0.3, -0.25) is 0 Å². The van der Waals surface area contributed by atoms with Gasteiger partial charge in [0, 0.05) is 22.6 Å².